The molecule has 1 amide bonds. The second-order valence-corrected chi connectivity index (χ2v) is 6.53. The molecule has 27 heavy (non-hydrogen) atoms. The summed E-state index contributed by atoms with van der Waals surface area (Å²) in [7, 11) is 3.98. The molecule has 3 rings (SSSR count). The lowest BCUT2D eigenvalue weighted by Crippen LogP contribution is -2.67. The van der Waals surface area contributed by atoms with Gasteiger partial charge >= 0.3 is 12.1 Å². The number of aliphatic carboxylic acids is 1. The molecule has 1 N–H and O–H groups in total. The van der Waals surface area contributed by atoms with Gasteiger partial charge in [-0.3, -0.25) is 14.7 Å². The van der Waals surface area contributed by atoms with Gasteiger partial charge in [-0.1, -0.05) is 0 Å². The highest BCUT2D eigenvalue weighted by Crippen LogP contribution is 2.33. The van der Waals surface area contributed by atoms with Crippen LogP contribution in [0.1, 0.15) is 12.8 Å². The van der Waals surface area contributed by atoms with Crippen LogP contribution in [-0.2, 0) is 9.59 Å². The van der Waals surface area contributed by atoms with E-state index in [0.29, 0.717) is 0 Å². The van der Waals surface area contributed by atoms with Gasteiger partial charge in [0.1, 0.15) is 11.4 Å². The first-order valence-electron chi connectivity index (χ1n) is 8.36. The third-order valence-corrected chi connectivity index (χ3v) is 4.95. The van der Waals surface area contributed by atoms with Crippen LogP contribution in [0.4, 0.5) is 19.0 Å². The number of amides is 1. The summed E-state index contributed by atoms with van der Waals surface area (Å²) in [6.07, 6.45) is 1.80. The SMILES string of the molecule is CN1CCN(C)C2(CCN(c3cnccn3)CC2)C1=O.O=C(O)C(F)(F)F. The third-order valence-electron chi connectivity index (χ3n) is 4.95. The van der Waals surface area contributed by atoms with Crippen LogP contribution in [0, 0.1) is 0 Å². The number of carbonyl (C=O) groups excluding carboxylic acids is 1. The highest BCUT2D eigenvalue weighted by Gasteiger charge is 2.48. The third kappa shape index (κ3) is 4.65. The second kappa shape index (κ2) is 8.07. The Morgan fingerprint density at radius 2 is 1.74 bits per heavy atom. The summed E-state index contributed by atoms with van der Waals surface area (Å²) in [5.74, 6) is -1.58. The molecule has 0 radical (unpaired) electrons. The van der Waals surface area contributed by atoms with Gasteiger partial charge in [-0.25, -0.2) is 9.78 Å². The molecular formula is C16H22F3N5O3. The molecule has 2 fully saturated rings. The molecule has 1 aromatic rings. The fourth-order valence-electron chi connectivity index (χ4n) is 3.29. The summed E-state index contributed by atoms with van der Waals surface area (Å²) < 4.78 is 31.7. The summed E-state index contributed by atoms with van der Waals surface area (Å²) in [6, 6.07) is 0. The van der Waals surface area contributed by atoms with Gasteiger partial charge in [0, 0.05) is 45.6 Å². The molecule has 3 heterocycles. The molecule has 2 aliphatic heterocycles. The Morgan fingerprint density at radius 1 is 1.15 bits per heavy atom. The number of piperazine rings is 1. The Labute approximate surface area is 154 Å². The number of hydrogen-bond acceptors (Lipinski definition) is 6. The number of aromatic nitrogens is 2. The molecule has 1 aromatic heterocycles. The van der Waals surface area contributed by atoms with Gasteiger partial charge in [-0.15, -0.1) is 0 Å². The van der Waals surface area contributed by atoms with Crippen molar-refractivity contribution < 1.29 is 27.9 Å². The van der Waals surface area contributed by atoms with Crippen molar-refractivity contribution in [1.29, 1.82) is 0 Å². The number of rotatable bonds is 1. The normalized spacial score (nSPS) is 20.3. The molecule has 1 spiro atoms. The zero-order valence-corrected chi connectivity index (χ0v) is 15.1. The van der Waals surface area contributed by atoms with Crippen molar-refractivity contribution in [1.82, 2.24) is 19.8 Å². The molecule has 8 nitrogen and oxygen atoms in total. The number of nitrogens with zero attached hydrogens (tertiary/aromatic N) is 5. The standard InChI is InChI=1S/C14H21N5O.C2HF3O2/c1-17-9-10-18(2)14(13(17)20)3-7-19(8-4-14)12-11-15-5-6-16-12;3-2(4,5)1(6)7/h5-6,11H,3-4,7-10H2,1-2H3;(H,6,7). The first-order valence-corrected chi connectivity index (χ1v) is 8.36. The zero-order valence-electron chi connectivity index (χ0n) is 15.1. The van der Waals surface area contributed by atoms with E-state index in [9.17, 15) is 18.0 Å². The Bertz CT molecular complexity index is 663. The van der Waals surface area contributed by atoms with E-state index in [2.05, 4.69) is 26.8 Å². The quantitative estimate of drug-likeness (QED) is 0.762. The summed E-state index contributed by atoms with van der Waals surface area (Å²) >= 11 is 0. The minimum Gasteiger partial charge on any atom is -0.475 e. The maximum atomic E-state index is 12.6. The molecule has 150 valence electrons. The predicted octanol–water partition coefficient (Wildman–Crippen LogP) is 0.853. The number of likely N-dealkylation sites (N-methyl/N-ethyl adjacent to an activating group) is 2. The van der Waals surface area contributed by atoms with E-state index in [1.54, 1.807) is 18.6 Å². The van der Waals surface area contributed by atoms with E-state index >= 15 is 0 Å². The molecule has 0 saturated carbocycles. The van der Waals surface area contributed by atoms with Crippen molar-refractivity contribution in [2.75, 3.05) is 45.2 Å². The molecule has 0 atom stereocenters. The summed E-state index contributed by atoms with van der Waals surface area (Å²) in [4.78, 5) is 36.3. The molecule has 2 saturated heterocycles. The van der Waals surface area contributed by atoms with Crippen LogP contribution in [0.15, 0.2) is 18.6 Å². The lowest BCUT2D eigenvalue weighted by atomic mass is 9.83. The number of anilines is 1. The van der Waals surface area contributed by atoms with Crippen molar-refractivity contribution >= 4 is 17.7 Å². The average molecular weight is 389 g/mol. The second-order valence-electron chi connectivity index (χ2n) is 6.53. The van der Waals surface area contributed by atoms with Crippen LogP contribution < -0.4 is 4.90 Å². The fourth-order valence-corrected chi connectivity index (χ4v) is 3.29. The monoisotopic (exact) mass is 389 g/mol. The van der Waals surface area contributed by atoms with Crippen LogP contribution in [-0.4, -0.2) is 88.7 Å². The molecule has 0 bridgehead atoms. The summed E-state index contributed by atoms with van der Waals surface area (Å²) in [6.45, 7) is 3.48. The smallest absolute Gasteiger partial charge is 0.475 e. The van der Waals surface area contributed by atoms with Crippen LogP contribution in [0.3, 0.4) is 0 Å². The van der Waals surface area contributed by atoms with E-state index < -0.39 is 12.1 Å². The number of alkyl halides is 3. The zero-order chi connectivity index (χ0) is 20.2. The topological polar surface area (TPSA) is 89.9 Å². The van der Waals surface area contributed by atoms with Gasteiger partial charge in [0.15, 0.2) is 0 Å². The predicted molar refractivity (Wildman–Crippen MR) is 90.2 cm³/mol. The Balaban J connectivity index is 0.000000321. The van der Waals surface area contributed by atoms with Gasteiger partial charge in [0.05, 0.1) is 6.20 Å². The van der Waals surface area contributed by atoms with Crippen molar-refractivity contribution in [3.63, 3.8) is 0 Å². The van der Waals surface area contributed by atoms with Crippen molar-refractivity contribution in [3.05, 3.63) is 18.6 Å². The van der Waals surface area contributed by atoms with Crippen LogP contribution in [0.2, 0.25) is 0 Å². The van der Waals surface area contributed by atoms with Gasteiger partial charge in [-0.05, 0) is 19.9 Å². The Kier molecular flexibility index (Phi) is 6.24. The Hall–Kier alpha value is -2.43. The Morgan fingerprint density at radius 3 is 2.22 bits per heavy atom. The molecule has 0 aliphatic carbocycles. The van der Waals surface area contributed by atoms with Crippen molar-refractivity contribution in [2.45, 2.75) is 24.6 Å². The van der Waals surface area contributed by atoms with E-state index in [0.717, 1.165) is 44.8 Å². The van der Waals surface area contributed by atoms with Crippen LogP contribution in [0.5, 0.6) is 0 Å². The number of halogens is 3. The van der Waals surface area contributed by atoms with Gasteiger partial charge in [0.25, 0.3) is 0 Å². The van der Waals surface area contributed by atoms with Gasteiger partial charge in [-0.2, -0.15) is 13.2 Å². The fraction of sp³-hybridized carbons (Fsp3) is 0.625. The van der Waals surface area contributed by atoms with Crippen LogP contribution in [0.25, 0.3) is 0 Å². The van der Waals surface area contributed by atoms with Gasteiger partial charge < -0.3 is 14.9 Å². The van der Waals surface area contributed by atoms with Gasteiger partial charge in [0.2, 0.25) is 5.91 Å². The summed E-state index contributed by atoms with van der Waals surface area (Å²) in [5, 5.41) is 7.12. The number of carbonyl (C=O) groups is 2. The first kappa shape index (κ1) is 20.9. The molecule has 2 aliphatic rings. The first-order chi connectivity index (χ1) is 12.6. The maximum absolute atomic E-state index is 12.6. The summed E-state index contributed by atoms with van der Waals surface area (Å²) in [5.41, 5.74) is -0.314. The average Bonchev–Trinajstić information content (AvgIpc) is 2.64. The van der Waals surface area contributed by atoms with E-state index in [-0.39, 0.29) is 11.4 Å². The molecule has 11 heteroatoms. The van der Waals surface area contributed by atoms with Crippen molar-refractivity contribution in [2.24, 2.45) is 0 Å². The molecule has 0 unspecified atom stereocenters. The molecule has 0 aromatic carbocycles. The van der Waals surface area contributed by atoms with Crippen molar-refractivity contribution in [3.8, 4) is 0 Å². The minimum absolute atomic E-state index is 0.269. The molecular weight excluding hydrogens is 367 g/mol. The highest BCUT2D eigenvalue weighted by atomic mass is 19.4. The minimum atomic E-state index is -5.08. The van der Waals surface area contributed by atoms with E-state index in [1.807, 2.05) is 11.9 Å². The number of carboxylic acid groups (broad SMARTS) is 1. The number of carboxylic acids is 1. The largest absolute Gasteiger partial charge is 0.490 e. The number of hydrogen-bond donors (Lipinski definition) is 1. The van der Waals surface area contributed by atoms with Crippen LogP contribution >= 0.6 is 0 Å². The maximum Gasteiger partial charge on any atom is 0.490 e. The van der Waals surface area contributed by atoms with E-state index in [1.165, 1.54) is 0 Å². The highest BCUT2D eigenvalue weighted by molar-refractivity contribution is 5.87. The lowest BCUT2D eigenvalue weighted by molar-refractivity contribution is -0.192. The lowest BCUT2D eigenvalue weighted by Gasteiger charge is -2.51. The number of piperidine rings is 1. The van der Waals surface area contributed by atoms with E-state index in [4.69, 9.17) is 9.90 Å².